The molecule has 0 aromatic heterocycles. The molecule has 0 N–H and O–H groups in total. The van der Waals surface area contributed by atoms with Crippen LogP contribution in [0.15, 0.2) is 51.8 Å². The molecule has 0 fully saturated rings. The Bertz CT molecular complexity index is 810. The molecule has 0 aromatic carbocycles. The van der Waals surface area contributed by atoms with Crippen LogP contribution in [0.1, 0.15) is 102 Å². The van der Waals surface area contributed by atoms with Gasteiger partial charge in [0.1, 0.15) is 0 Å². The summed E-state index contributed by atoms with van der Waals surface area (Å²) in [5.74, 6) is 0. The molecule has 0 saturated heterocycles. The molecule has 0 aromatic rings. The lowest BCUT2D eigenvalue weighted by Crippen LogP contribution is -2.40. The second kappa shape index (κ2) is 10.9. The van der Waals surface area contributed by atoms with Crippen LogP contribution in [0.3, 0.4) is 0 Å². The largest absolute Gasteiger partial charge is 0.413 e. The molecule has 0 atom stereocenters. The van der Waals surface area contributed by atoms with Gasteiger partial charge in [0.2, 0.25) is 0 Å². The molecule has 0 amide bonds. The molecule has 1 nitrogen and oxygen atoms in total. The van der Waals surface area contributed by atoms with Crippen LogP contribution in [0.25, 0.3) is 0 Å². The lowest BCUT2D eigenvalue weighted by molar-refractivity contribution is 0.327. The van der Waals surface area contributed by atoms with Crippen LogP contribution in [0.2, 0.25) is 18.1 Å². The van der Waals surface area contributed by atoms with E-state index in [1.807, 2.05) is 0 Å². The average molecular weight is 457 g/mol. The fourth-order valence-electron chi connectivity index (χ4n) is 4.25. The SMILES string of the molecule is CC1=C(C/C=C(\C)C=C=C(/C(C)=C/CO[Si](C)(C)C(C)(C)C)C(C)(C)C)C(C)(C)CCC1. The maximum Gasteiger partial charge on any atom is 0.192 e. The molecule has 0 unspecified atom stereocenters. The van der Waals surface area contributed by atoms with E-state index < -0.39 is 8.32 Å². The van der Waals surface area contributed by atoms with Crippen LogP contribution in [-0.4, -0.2) is 14.9 Å². The van der Waals surface area contributed by atoms with Crippen molar-refractivity contribution >= 4 is 8.32 Å². The molecule has 0 radical (unpaired) electrons. The second-order valence-corrected chi connectivity index (χ2v) is 17.8. The molecule has 0 saturated carbocycles. The van der Waals surface area contributed by atoms with Crippen molar-refractivity contribution < 1.29 is 4.43 Å². The average Bonchev–Trinajstić information content (AvgIpc) is 2.58. The maximum absolute atomic E-state index is 6.38. The van der Waals surface area contributed by atoms with Gasteiger partial charge >= 0.3 is 0 Å². The first-order chi connectivity index (χ1) is 14.4. The van der Waals surface area contributed by atoms with Crippen molar-refractivity contribution in [3.63, 3.8) is 0 Å². The summed E-state index contributed by atoms with van der Waals surface area (Å²) >= 11 is 0. The topological polar surface area (TPSA) is 9.23 Å². The Morgan fingerprint density at radius 3 is 2.16 bits per heavy atom. The molecule has 1 aliphatic rings. The Labute approximate surface area is 201 Å². The summed E-state index contributed by atoms with van der Waals surface area (Å²) in [6.45, 7) is 30.5. The lowest BCUT2D eigenvalue weighted by Gasteiger charge is -2.35. The number of rotatable bonds is 7. The minimum Gasteiger partial charge on any atom is -0.413 e. The van der Waals surface area contributed by atoms with Crippen molar-refractivity contribution in [2.24, 2.45) is 10.8 Å². The van der Waals surface area contributed by atoms with Crippen molar-refractivity contribution in [1.29, 1.82) is 0 Å². The molecule has 1 rings (SSSR count). The van der Waals surface area contributed by atoms with Gasteiger partial charge in [0.05, 0.1) is 6.61 Å². The van der Waals surface area contributed by atoms with Crippen molar-refractivity contribution in [2.45, 2.75) is 120 Å². The fourth-order valence-corrected chi connectivity index (χ4v) is 5.18. The predicted molar refractivity (Wildman–Crippen MR) is 147 cm³/mol. The van der Waals surface area contributed by atoms with Gasteiger partial charge in [-0.05, 0) is 92.6 Å². The summed E-state index contributed by atoms with van der Waals surface area (Å²) in [6, 6.07) is 0. The Morgan fingerprint density at radius 1 is 1.06 bits per heavy atom. The summed E-state index contributed by atoms with van der Waals surface area (Å²) in [7, 11) is -1.73. The highest BCUT2D eigenvalue weighted by atomic mass is 28.4. The number of hydrogen-bond donors (Lipinski definition) is 0. The van der Waals surface area contributed by atoms with Gasteiger partial charge in [0, 0.05) is 5.57 Å². The van der Waals surface area contributed by atoms with E-state index in [-0.39, 0.29) is 10.5 Å². The standard InChI is InChI=1S/C30H52OSi/c1-23(17-19-27-24(2)15-14-21-30(27,10)11)16-18-26(28(4,5)6)25(3)20-22-31-32(12,13)29(7,8)9/h16-17,20H,14-15,19,21-22H2,1-13H3/b23-17+,25-20+. The van der Waals surface area contributed by atoms with Crippen molar-refractivity contribution in [1.82, 2.24) is 0 Å². The first kappa shape index (κ1) is 28.9. The zero-order valence-corrected chi connectivity index (χ0v) is 24.7. The molecule has 0 spiro atoms. The van der Waals surface area contributed by atoms with Crippen LogP contribution in [0, 0.1) is 10.8 Å². The monoisotopic (exact) mass is 456 g/mol. The first-order valence-electron chi connectivity index (χ1n) is 12.5. The Kier molecular flexibility index (Phi) is 9.86. The Hall–Kier alpha value is -1.08. The van der Waals surface area contributed by atoms with Gasteiger partial charge in [-0.3, -0.25) is 0 Å². The third-order valence-electron chi connectivity index (χ3n) is 7.54. The predicted octanol–water partition coefficient (Wildman–Crippen LogP) is 9.95. The Morgan fingerprint density at radius 2 is 1.66 bits per heavy atom. The van der Waals surface area contributed by atoms with Crippen LogP contribution >= 0.6 is 0 Å². The minimum absolute atomic E-state index is 0.0405. The van der Waals surface area contributed by atoms with Crippen LogP contribution in [0.4, 0.5) is 0 Å². The number of allylic oxidation sites excluding steroid dienone is 6. The first-order valence-corrected chi connectivity index (χ1v) is 15.4. The van der Waals surface area contributed by atoms with E-state index >= 15 is 0 Å². The molecule has 0 aliphatic heterocycles. The molecule has 32 heavy (non-hydrogen) atoms. The van der Waals surface area contributed by atoms with Gasteiger partial charge < -0.3 is 4.43 Å². The minimum atomic E-state index is -1.73. The highest BCUT2D eigenvalue weighted by Gasteiger charge is 2.36. The van der Waals surface area contributed by atoms with Gasteiger partial charge in [-0.2, -0.15) is 0 Å². The summed E-state index contributed by atoms with van der Waals surface area (Å²) in [5.41, 5.74) is 11.1. The molecular formula is C30H52OSi. The maximum atomic E-state index is 6.38. The molecule has 1 aliphatic carbocycles. The summed E-state index contributed by atoms with van der Waals surface area (Å²) in [4.78, 5) is 0. The van der Waals surface area contributed by atoms with E-state index in [2.05, 4.69) is 113 Å². The van der Waals surface area contributed by atoms with E-state index in [9.17, 15) is 0 Å². The number of hydrogen-bond acceptors (Lipinski definition) is 1. The van der Waals surface area contributed by atoms with E-state index in [4.69, 9.17) is 4.43 Å². The second-order valence-electron chi connectivity index (χ2n) is 13.0. The quantitative estimate of drug-likeness (QED) is 0.160. The third-order valence-corrected chi connectivity index (χ3v) is 12.0. The van der Waals surface area contributed by atoms with Crippen molar-refractivity contribution in [3.8, 4) is 0 Å². The Balaban J connectivity index is 3.08. The molecular weight excluding hydrogens is 404 g/mol. The highest BCUT2D eigenvalue weighted by Crippen LogP contribution is 2.42. The normalized spacial score (nSPS) is 18.5. The van der Waals surface area contributed by atoms with E-state index in [0.29, 0.717) is 12.0 Å². The van der Waals surface area contributed by atoms with Gasteiger partial charge in [-0.1, -0.05) is 78.7 Å². The van der Waals surface area contributed by atoms with E-state index in [1.54, 1.807) is 11.1 Å². The highest BCUT2D eigenvalue weighted by molar-refractivity contribution is 6.74. The lowest BCUT2D eigenvalue weighted by atomic mass is 9.71. The fraction of sp³-hybridized carbons (Fsp3) is 0.700. The van der Waals surface area contributed by atoms with E-state index in [0.717, 1.165) is 6.42 Å². The van der Waals surface area contributed by atoms with Gasteiger partial charge in [-0.25, -0.2) is 0 Å². The molecule has 2 heteroatoms. The van der Waals surface area contributed by atoms with Crippen LogP contribution in [-0.2, 0) is 4.43 Å². The molecule has 182 valence electrons. The van der Waals surface area contributed by atoms with E-state index in [1.165, 1.54) is 36.0 Å². The third kappa shape index (κ3) is 8.36. The van der Waals surface area contributed by atoms with Gasteiger partial charge in [0.15, 0.2) is 8.32 Å². The van der Waals surface area contributed by atoms with Crippen molar-refractivity contribution in [2.75, 3.05) is 6.61 Å². The molecule has 0 heterocycles. The van der Waals surface area contributed by atoms with Crippen LogP contribution in [0.5, 0.6) is 0 Å². The summed E-state index contributed by atoms with van der Waals surface area (Å²) in [6.07, 6.45) is 11.8. The summed E-state index contributed by atoms with van der Waals surface area (Å²) < 4.78 is 6.38. The van der Waals surface area contributed by atoms with Crippen molar-refractivity contribution in [3.05, 3.63) is 51.8 Å². The van der Waals surface area contributed by atoms with Gasteiger partial charge in [0.25, 0.3) is 0 Å². The summed E-state index contributed by atoms with van der Waals surface area (Å²) in [5, 5.41) is 0.236. The smallest absolute Gasteiger partial charge is 0.192 e. The zero-order valence-electron chi connectivity index (χ0n) is 23.7. The molecule has 0 bridgehead atoms. The van der Waals surface area contributed by atoms with Crippen LogP contribution < -0.4 is 0 Å². The van der Waals surface area contributed by atoms with Gasteiger partial charge in [-0.15, -0.1) is 5.73 Å². The zero-order chi connectivity index (χ0) is 25.0.